The molecule has 24 heavy (non-hydrogen) atoms. The van der Waals surface area contributed by atoms with Crippen molar-refractivity contribution in [3.05, 3.63) is 65.2 Å². The Morgan fingerprint density at radius 2 is 1.71 bits per heavy atom. The molecule has 0 bridgehead atoms. The first-order valence-electron chi connectivity index (χ1n) is 7.41. The number of ether oxygens (including phenoxy) is 1. The lowest BCUT2D eigenvalue weighted by atomic mass is 10.2. The molecule has 5 nitrogen and oxygen atoms in total. The maximum atomic E-state index is 12.2. The molecule has 0 aliphatic carbocycles. The highest BCUT2D eigenvalue weighted by molar-refractivity contribution is 7.91. The van der Waals surface area contributed by atoms with Crippen LogP contribution >= 0.6 is 11.6 Å². The van der Waals surface area contributed by atoms with Crippen molar-refractivity contribution in [1.82, 2.24) is 0 Å². The largest absolute Gasteiger partial charge is 0.455 e. The molecule has 1 aliphatic rings. The zero-order valence-electron chi connectivity index (χ0n) is 12.7. The highest BCUT2D eigenvalue weighted by atomic mass is 35.5. The van der Waals surface area contributed by atoms with Gasteiger partial charge in [0.1, 0.15) is 6.10 Å². The van der Waals surface area contributed by atoms with E-state index in [9.17, 15) is 13.2 Å². The van der Waals surface area contributed by atoms with Gasteiger partial charge in [-0.15, -0.1) is 0 Å². The van der Waals surface area contributed by atoms with E-state index < -0.39 is 28.0 Å². The highest BCUT2D eigenvalue weighted by Crippen LogP contribution is 2.22. The normalized spacial score (nSPS) is 22.0. The zero-order valence-corrected chi connectivity index (χ0v) is 14.3. The highest BCUT2D eigenvalue weighted by Gasteiger charge is 2.40. The van der Waals surface area contributed by atoms with Crippen molar-refractivity contribution in [2.24, 2.45) is 0 Å². The summed E-state index contributed by atoms with van der Waals surface area (Å²) in [7, 11) is -3.26. The molecular formula is C17H16ClNO4S. The fraction of sp³-hybridized carbons (Fsp3) is 0.235. The van der Waals surface area contributed by atoms with E-state index in [2.05, 4.69) is 5.32 Å². The third-order valence-electron chi connectivity index (χ3n) is 3.76. The second-order valence-corrected chi connectivity index (χ2v) is 8.23. The zero-order chi connectivity index (χ0) is 17.2. The molecule has 7 heteroatoms. The van der Waals surface area contributed by atoms with Gasteiger partial charge >= 0.3 is 5.97 Å². The number of benzene rings is 2. The topological polar surface area (TPSA) is 72.5 Å². The Hall–Kier alpha value is -2.05. The molecule has 0 spiro atoms. The third-order valence-corrected chi connectivity index (χ3v) is 5.72. The monoisotopic (exact) mass is 365 g/mol. The number of hydrogen-bond donors (Lipinski definition) is 1. The van der Waals surface area contributed by atoms with Crippen LogP contribution in [0.25, 0.3) is 0 Å². The molecule has 0 amide bonds. The van der Waals surface area contributed by atoms with Crippen molar-refractivity contribution in [3.8, 4) is 0 Å². The van der Waals surface area contributed by atoms with Crippen LogP contribution in [0.15, 0.2) is 54.6 Å². The predicted octanol–water partition coefficient (Wildman–Crippen LogP) is 2.77. The molecule has 0 aromatic heterocycles. The maximum Gasteiger partial charge on any atom is 0.338 e. The van der Waals surface area contributed by atoms with E-state index in [1.807, 2.05) is 30.3 Å². The van der Waals surface area contributed by atoms with Gasteiger partial charge in [-0.05, 0) is 36.4 Å². The number of carbonyl (C=O) groups excluding carboxylic acids is 1. The molecule has 1 fully saturated rings. The molecule has 0 radical (unpaired) electrons. The van der Waals surface area contributed by atoms with Crippen LogP contribution in [0, 0.1) is 0 Å². The van der Waals surface area contributed by atoms with E-state index in [4.69, 9.17) is 16.3 Å². The van der Waals surface area contributed by atoms with Crippen molar-refractivity contribution in [1.29, 1.82) is 0 Å². The first-order chi connectivity index (χ1) is 11.4. The van der Waals surface area contributed by atoms with Crippen molar-refractivity contribution >= 4 is 33.1 Å². The van der Waals surface area contributed by atoms with E-state index in [0.29, 0.717) is 10.6 Å². The lowest BCUT2D eigenvalue weighted by molar-refractivity contribution is 0.0337. The summed E-state index contributed by atoms with van der Waals surface area (Å²) < 4.78 is 29.3. The number of rotatable bonds is 4. The molecule has 2 unspecified atom stereocenters. The summed E-state index contributed by atoms with van der Waals surface area (Å²) in [6.45, 7) is 0. The Labute approximate surface area is 145 Å². The molecule has 1 N–H and O–H groups in total. The average Bonchev–Trinajstić information content (AvgIpc) is 2.82. The molecule has 2 aromatic carbocycles. The number of anilines is 1. The first-order valence-corrected chi connectivity index (χ1v) is 9.61. The molecule has 1 aliphatic heterocycles. The fourth-order valence-corrected chi connectivity index (χ4v) is 4.51. The summed E-state index contributed by atoms with van der Waals surface area (Å²) in [6, 6.07) is 15.0. The smallest absolute Gasteiger partial charge is 0.338 e. The molecule has 3 rings (SSSR count). The quantitative estimate of drug-likeness (QED) is 0.843. The second kappa shape index (κ2) is 6.83. The first kappa shape index (κ1) is 16.8. The minimum Gasteiger partial charge on any atom is -0.455 e. The van der Waals surface area contributed by atoms with Gasteiger partial charge in [-0.1, -0.05) is 29.8 Å². The van der Waals surface area contributed by atoms with Crippen LogP contribution in [0.4, 0.5) is 5.69 Å². The summed E-state index contributed by atoms with van der Waals surface area (Å²) in [6.07, 6.45) is -0.738. The van der Waals surface area contributed by atoms with E-state index >= 15 is 0 Å². The fourth-order valence-electron chi connectivity index (χ4n) is 2.61. The van der Waals surface area contributed by atoms with E-state index in [1.165, 1.54) is 0 Å². The van der Waals surface area contributed by atoms with Gasteiger partial charge < -0.3 is 10.1 Å². The van der Waals surface area contributed by atoms with Crippen molar-refractivity contribution in [3.63, 3.8) is 0 Å². The lowest BCUT2D eigenvalue weighted by Crippen LogP contribution is -2.35. The summed E-state index contributed by atoms with van der Waals surface area (Å²) in [5.41, 5.74) is 1.12. The van der Waals surface area contributed by atoms with Crippen molar-refractivity contribution in [2.75, 3.05) is 16.8 Å². The van der Waals surface area contributed by atoms with E-state index in [1.54, 1.807) is 24.3 Å². The Bertz CT molecular complexity index is 821. The molecule has 1 heterocycles. The Morgan fingerprint density at radius 3 is 2.38 bits per heavy atom. The molecule has 0 saturated carbocycles. The van der Waals surface area contributed by atoms with Gasteiger partial charge in [-0.3, -0.25) is 0 Å². The van der Waals surface area contributed by atoms with Gasteiger partial charge in [0.15, 0.2) is 9.84 Å². The number of esters is 1. The number of para-hydroxylation sites is 1. The number of hydrogen-bond acceptors (Lipinski definition) is 5. The van der Waals surface area contributed by atoms with Gasteiger partial charge in [-0.2, -0.15) is 0 Å². The molecule has 1 saturated heterocycles. The van der Waals surface area contributed by atoms with Crippen LogP contribution in [-0.2, 0) is 14.6 Å². The Morgan fingerprint density at radius 1 is 1.04 bits per heavy atom. The SMILES string of the molecule is O=C(OC1CS(=O)(=O)CC1Nc1ccccc1)c1ccc(Cl)cc1. The average molecular weight is 366 g/mol. The summed E-state index contributed by atoms with van der Waals surface area (Å²) in [5.74, 6) is -0.814. The number of nitrogens with one attached hydrogen (secondary N) is 1. The second-order valence-electron chi connectivity index (χ2n) is 5.64. The molecule has 126 valence electrons. The number of halogens is 1. The summed E-state index contributed by atoms with van der Waals surface area (Å²) in [4.78, 5) is 12.2. The molecule has 2 atom stereocenters. The van der Waals surface area contributed by atoms with Crippen LogP contribution in [-0.4, -0.2) is 38.0 Å². The summed E-state index contributed by atoms with van der Waals surface area (Å²) >= 11 is 5.80. The molecule has 2 aromatic rings. The van der Waals surface area contributed by atoms with Gasteiger partial charge in [0.25, 0.3) is 0 Å². The third kappa shape index (κ3) is 4.07. The Balaban J connectivity index is 1.74. The number of sulfone groups is 1. The standard InChI is InChI=1S/C17H16ClNO4S/c18-13-8-6-12(7-9-13)17(20)23-16-11-24(21,22)10-15(16)19-14-4-2-1-3-5-14/h1-9,15-16,19H,10-11H2. The predicted molar refractivity (Wildman–Crippen MR) is 93.2 cm³/mol. The van der Waals surface area contributed by atoms with Crippen LogP contribution in [0.1, 0.15) is 10.4 Å². The van der Waals surface area contributed by atoms with Gasteiger partial charge in [0, 0.05) is 10.7 Å². The lowest BCUT2D eigenvalue weighted by Gasteiger charge is -2.21. The molecular weight excluding hydrogens is 350 g/mol. The van der Waals surface area contributed by atoms with Gasteiger partial charge in [0.2, 0.25) is 0 Å². The van der Waals surface area contributed by atoms with Crippen molar-refractivity contribution < 1.29 is 17.9 Å². The minimum atomic E-state index is -3.26. The van der Waals surface area contributed by atoms with Crippen LogP contribution in [0.3, 0.4) is 0 Å². The van der Waals surface area contributed by atoms with Crippen LogP contribution in [0.5, 0.6) is 0 Å². The van der Waals surface area contributed by atoms with E-state index in [-0.39, 0.29) is 11.5 Å². The minimum absolute atomic E-state index is 0.0690. The maximum absolute atomic E-state index is 12.2. The number of carbonyl (C=O) groups is 1. The van der Waals surface area contributed by atoms with Crippen LogP contribution in [0.2, 0.25) is 5.02 Å². The van der Waals surface area contributed by atoms with Gasteiger partial charge in [-0.25, -0.2) is 13.2 Å². The van der Waals surface area contributed by atoms with Crippen molar-refractivity contribution in [2.45, 2.75) is 12.1 Å². The van der Waals surface area contributed by atoms with Crippen LogP contribution < -0.4 is 5.32 Å². The Kier molecular flexibility index (Phi) is 4.78. The van der Waals surface area contributed by atoms with E-state index in [0.717, 1.165) is 5.69 Å². The van der Waals surface area contributed by atoms with Gasteiger partial charge in [0.05, 0.1) is 23.1 Å². The summed E-state index contributed by atoms with van der Waals surface area (Å²) in [5, 5.41) is 3.65.